The number of aryl methyl sites for hydroxylation is 1. The lowest BCUT2D eigenvalue weighted by molar-refractivity contribution is 0.280. The number of para-hydroxylation sites is 1. The van der Waals surface area contributed by atoms with Gasteiger partial charge in [-0.2, -0.15) is 0 Å². The van der Waals surface area contributed by atoms with Gasteiger partial charge in [0.05, 0.1) is 27.5 Å². The topological polar surface area (TPSA) is 78.6 Å². The predicted octanol–water partition coefficient (Wildman–Crippen LogP) is 2.86. The molecule has 0 unspecified atom stereocenters. The highest BCUT2D eigenvalue weighted by Gasteiger charge is 2.09. The normalized spacial score (nSPS) is 11.6. The van der Waals surface area contributed by atoms with Crippen molar-refractivity contribution in [3.05, 3.63) is 52.3 Å². The molecule has 1 aromatic carbocycles. The molecule has 23 heavy (non-hydrogen) atoms. The SMILES string of the molecule is Cc1ncc(CO)c(C=NCCc2nc3ccccc3s2)c1O. The predicted molar refractivity (Wildman–Crippen MR) is 92.3 cm³/mol. The van der Waals surface area contributed by atoms with E-state index in [1.54, 1.807) is 30.7 Å². The molecular weight excluding hydrogens is 310 g/mol. The Balaban J connectivity index is 1.71. The van der Waals surface area contributed by atoms with Gasteiger partial charge in [0.15, 0.2) is 0 Å². The summed E-state index contributed by atoms with van der Waals surface area (Å²) < 4.78 is 1.18. The van der Waals surface area contributed by atoms with E-state index in [4.69, 9.17) is 0 Å². The van der Waals surface area contributed by atoms with Gasteiger partial charge in [-0.25, -0.2) is 4.98 Å². The van der Waals surface area contributed by atoms with E-state index in [2.05, 4.69) is 21.0 Å². The molecule has 0 aliphatic heterocycles. The van der Waals surface area contributed by atoms with Crippen LogP contribution in [0.5, 0.6) is 5.75 Å². The third-order valence-electron chi connectivity index (χ3n) is 3.54. The van der Waals surface area contributed by atoms with Gasteiger partial charge in [-0.3, -0.25) is 9.98 Å². The van der Waals surface area contributed by atoms with Crippen LogP contribution in [0.1, 0.15) is 21.8 Å². The molecule has 0 radical (unpaired) electrons. The summed E-state index contributed by atoms with van der Waals surface area (Å²) in [5, 5.41) is 20.4. The average Bonchev–Trinajstić information content (AvgIpc) is 2.98. The first kappa shape index (κ1) is 15.6. The summed E-state index contributed by atoms with van der Waals surface area (Å²) in [6, 6.07) is 8.05. The van der Waals surface area contributed by atoms with E-state index < -0.39 is 0 Å². The molecule has 3 rings (SSSR count). The lowest BCUT2D eigenvalue weighted by Crippen LogP contribution is -1.99. The van der Waals surface area contributed by atoms with Gasteiger partial charge in [0.25, 0.3) is 0 Å². The lowest BCUT2D eigenvalue weighted by Gasteiger charge is -2.06. The first-order valence-corrected chi connectivity index (χ1v) is 8.13. The highest BCUT2D eigenvalue weighted by atomic mass is 32.1. The number of pyridine rings is 1. The van der Waals surface area contributed by atoms with Gasteiger partial charge in [0.1, 0.15) is 5.75 Å². The fourth-order valence-corrected chi connectivity index (χ4v) is 3.22. The molecular formula is C17H17N3O2S. The lowest BCUT2D eigenvalue weighted by atomic mass is 10.1. The van der Waals surface area contributed by atoms with Crippen molar-refractivity contribution < 1.29 is 10.2 Å². The molecule has 0 atom stereocenters. The minimum absolute atomic E-state index is 0.0697. The Morgan fingerprint density at radius 2 is 2.13 bits per heavy atom. The van der Waals surface area contributed by atoms with Gasteiger partial charge >= 0.3 is 0 Å². The number of thiazole rings is 1. The first-order valence-electron chi connectivity index (χ1n) is 7.31. The van der Waals surface area contributed by atoms with Gasteiger partial charge in [-0.15, -0.1) is 11.3 Å². The number of aliphatic hydroxyl groups is 1. The number of rotatable bonds is 5. The zero-order chi connectivity index (χ0) is 16.2. The van der Waals surface area contributed by atoms with Crippen LogP contribution in [-0.2, 0) is 13.0 Å². The second-order valence-corrected chi connectivity index (χ2v) is 6.27. The Kier molecular flexibility index (Phi) is 4.64. The van der Waals surface area contributed by atoms with Crippen molar-refractivity contribution in [2.75, 3.05) is 6.54 Å². The molecule has 2 aromatic heterocycles. The Labute approximate surface area is 138 Å². The van der Waals surface area contributed by atoms with Gasteiger partial charge in [0, 0.05) is 36.5 Å². The molecule has 0 saturated carbocycles. The van der Waals surface area contributed by atoms with Crippen LogP contribution in [-0.4, -0.2) is 32.9 Å². The van der Waals surface area contributed by atoms with E-state index in [9.17, 15) is 10.2 Å². The largest absolute Gasteiger partial charge is 0.505 e. The van der Waals surface area contributed by atoms with Crippen LogP contribution in [0.4, 0.5) is 0 Å². The summed E-state index contributed by atoms with van der Waals surface area (Å²) in [5.41, 5.74) is 2.64. The molecule has 2 N–H and O–H groups in total. The van der Waals surface area contributed by atoms with Crippen molar-refractivity contribution in [2.45, 2.75) is 20.0 Å². The van der Waals surface area contributed by atoms with Gasteiger partial charge in [0.2, 0.25) is 0 Å². The summed E-state index contributed by atoms with van der Waals surface area (Å²) in [4.78, 5) is 13.0. The molecule has 0 saturated heterocycles. The van der Waals surface area contributed by atoms with Crippen LogP contribution in [0.15, 0.2) is 35.5 Å². The van der Waals surface area contributed by atoms with Crippen molar-refractivity contribution in [1.29, 1.82) is 0 Å². The highest BCUT2D eigenvalue weighted by Crippen LogP contribution is 2.23. The second-order valence-electron chi connectivity index (χ2n) is 5.15. The molecule has 0 aliphatic carbocycles. The van der Waals surface area contributed by atoms with Crippen LogP contribution in [0.3, 0.4) is 0 Å². The number of hydrogen-bond donors (Lipinski definition) is 2. The Morgan fingerprint density at radius 1 is 1.30 bits per heavy atom. The number of aromatic nitrogens is 2. The summed E-state index contributed by atoms with van der Waals surface area (Å²) in [5.74, 6) is 0.0697. The standard InChI is InChI=1S/C17H17N3O2S/c1-11-17(22)13(12(10-21)8-19-11)9-18-7-6-16-20-14-4-2-3-5-15(14)23-16/h2-5,8-9,21-22H,6-7,10H2,1H3. The van der Waals surface area contributed by atoms with Gasteiger partial charge in [-0.1, -0.05) is 12.1 Å². The van der Waals surface area contributed by atoms with Crippen LogP contribution in [0, 0.1) is 6.92 Å². The number of benzene rings is 1. The third-order valence-corrected chi connectivity index (χ3v) is 4.64. The molecule has 2 heterocycles. The number of hydrogen-bond acceptors (Lipinski definition) is 6. The monoisotopic (exact) mass is 327 g/mol. The number of nitrogens with zero attached hydrogens (tertiary/aromatic N) is 3. The van der Waals surface area contributed by atoms with Crippen molar-refractivity contribution in [2.24, 2.45) is 4.99 Å². The summed E-state index contributed by atoms with van der Waals surface area (Å²) in [7, 11) is 0. The van der Waals surface area contributed by atoms with Crippen molar-refractivity contribution in [1.82, 2.24) is 9.97 Å². The molecule has 3 aromatic rings. The minimum Gasteiger partial charge on any atom is -0.505 e. The van der Waals surface area contributed by atoms with Crippen LogP contribution < -0.4 is 0 Å². The fourth-order valence-electron chi connectivity index (χ4n) is 2.27. The highest BCUT2D eigenvalue weighted by molar-refractivity contribution is 7.18. The van der Waals surface area contributed by atoms with Crippen LogP contribution >= 0.6 is 11.3 Å². The second kappa shape index (κ2) is 6.85. The van der Waals surface area contributed by atoms with Gasteiger partial charge in [-0.05, 0) is 19.1 Å². The van der Waals surface area contributed by atoms with Crippen molar-refractivity contribution >= 4 is 27.8 Å². The Bertz CT molecular complexity index is 825. The third kappa shape index (κ3) is 3.38. The van der Waals surface area contributed by atoms with Crippen molar-refractivity contribution in [3.8, 4) is 5.75 Å². The molecule has 0 spiro atoms. The number of fused-ring (bicyclic) bond motifs is 1. The molecule has 118 valence electrons. The van der Waals surface area contributed by atoms with E-state index in [1.807, 2.05) is 18.2 Å². The molecule has 0 aliphatic rings. The van der Waals surface area contributed by atoms with E-state index in [0.717, 1.165) is 16.9 Å². The number of aliphatic hydroxyl groups excluding tert-OH is 1. The quantitative estimate of drug-likeness (QED) is 0.706. The maximum Gasteiger partial charge on any atom is 0.145 e. The molecule has 5 nitrogen and oxygen atoms in total. The zero-order valence-corrected chi connectivity index (χ0v) is 13.5. The summed E-state index contributed by atoms with van der Waals surface area (Å²) in [6.45, 7) is 2.11. The van der Waals surface area contributed by atoms with E-state index in [-0.39, 0.29) is 12.4 Å². The van der Waals surface area contributed by atoms with Crippen LogP contribution in [0.2, 0.25) is 0 Å². The fraction of sp³-hybridized carbons (Fsp3) is 0.235. The minimum atomic E-state index is -0.180. The van der Waals surface area contributed by atoms with Gasteiger partial charge < -0.3 is 10.2 Å². The summed E-state index contributed by atoms with van der Waals surface area (Å²) >= 11 is 1.67. The van der Waals surface area contributed by atoms with E-state index in [1.165, 1.54) is 4.70 Å². The van der Waals surface area contributed by atoms with E-state index in [0.29, 0.717) is 23.4 Å². The Morgan fingerprint density at radius 3 is 2.91 bits per heavy atom. The first-order chi connectivity index (χ1) is 11.2. The molecule has 0 bridgehead atoms. The maximum absolute atomic E-state index is 10.0. The maximum atomic E-state index is 10.0. The van der Waals surface area contributed by atoms with Crippen LogP contribution in [0.25, 0.3) is 10.2 Å². The molecule has 6 heteroatoms. The average molecular weight is 327 g/mol. The smallest absolute Gasteiger partial charge is 0.145 e. The zero-order valence-electron chi connectivity index (χ0n) is 12.7. The summed E-state index contributed by atoms with van der Waals surface area (Å²) in [6.07, 6.45) is 3.90. The number of aromatic hydroxyl groups is 1. The van der Waals surface area contributed by atoms with Crippen molar-refractivity contribution in [3.63, 3.8) is 0 Å². The molecule has 0 amide bonds. The molecule has 0 fully saturated rings. The Hall–Kier alpha value is -2.31. The van der Waals surface area contributed by atoms with E-state index >= 15 is 0 Å². The number of aliphatic imine (C=N–C) groups is 1.